The van der Waals surface area contributed by atoms with Crippen molar-refractivity contribution < 1.29 is 13.2 Å². The van der Waals surface area contributed by atoms with Crippen molar-refractivity contribution in [3.8, 4) is 0 Å². The molecule has 1 saturated heterocycles. The van der Waals surface area contributed by atoms with Crippen molar-refractivity contribution >= 4 is 15.5 Å². The highest BCUT2D eigenvalue weighted by Gasteiger charge is 2.24. The molecule has 1 atom stereocenters. The summed E-state index contributed by atoms with van der Waals surface area (Å²) in [5.41, 5.74) is 6.11. The number of sulfone groups is 1. The van der Waals surface area contributed by atoms with E-state index >= 15 is 0 Å². The van der Waals surface area contributed by atoms with Gasteiger partial charge in [0.2, 0.25) is 0 Å². The van der Waals surface area contributed by atoms with Gasteiger partial charge in [-0.05, 0) is 25.1 Å². The van der Waals surface area contributed by atoms with E-state index in [9.17, 15) is 8.42 Å². The molecule has 1 aromatic carbocycles. The Labute approximate surface area is 114 Å². The molecule has 1 aliphatic heterocycles. The number of nitrogens with two attached hydrogens (primary N) is 1. The van der Waals surface area contributed by atoms with Gasteiger partial charge in [-0.3, -0.25) is 4.90 Å². The number of nitrogen functional groups attached to an aromatic ring is 1. The summed E-state index contributed by atoms with van der Waals surface area (Å²) in [4.78, 5) is 2.44. The van der Waals surface area contributed by atoms with E-state index in [4.69, 9.17) is 10.5 Å². The molecule has 2 N–H and O–H groups in total. The average Bonchev–Trinajstić information content (AvgIpc) is 2.39. The predicted molar refractivity (Wildman–Crippen MR) is 74.8 cm³/mol. The third-order valence-electron chi connectivity index (χ3n) is 3.35. The van der Waals surface area contributed by atoms with Crippen LogP contribution in [-0.2, 0) is 14.6 Å². The van der Waals surface area contributed by atoms with E-state index in [0.717, 1.165) is 13.1 Å². The third kappa shape index (κ3) is 3.68. The van der Waals surface area contributed by atoms with Crippen molar-refractivity contribution in [3.63, 3.8) is 0 Å². The Morgan fingerprint density at radius 2 is 2.05 bits per heavy atom. The van der Waals surface area contributed by atoms with Crippen LogP contribution in [0.2, 0.25) is 0 Å². The summed E-state index contributed by atoms with van der Waals surface area (Å²) in [6, 6.07) is 6.45. The fraction of sp³-hybridized carbons (Fsp3) is 0.538. The van der Waals surface area contributed by atoms with Crippen LogP contribution >= 0.6 is 0 Å². The van der Waals surface area contributed by atoms with E-state index in [1.807, 2.05) is 6.92 Å². The lowest BCUT2D eigenvalue weighted by atomic mass is 10.3. The predicted octanol–water partition coefficient (Wildman–Crippen LogP) is 0.763. The summed E-state index contributed by atoms with van der Waals surface area (Å²) in [7, 11) is -3.29. The molecule has 1 fully saturated rings. The highest BCUT2D eigenvalue weighted by Crippen LogP contribution is 2.17. The molecule has 106 valence electrons. The van der Waals surface area contributed by atoms with E-state index in [1.54, 1.807) is 18.2 Å². The van der Waals surface area contributed by atoms with Crippen molar-refractivity contribution in [2.24, 2.45) is 0 Å². The minimum atomic E-state index is -3.29. The minimum Gasteiger partial charge on any atom is -0.399 e. The first-order chi connectivity index (χ1) is 8.99. The topological polar surface area (TPSA) is 72.6 Å². The van der Waals surface area contributed by atoms with Crippen molar-refractivity contribution in [2.45, 2.75) is 17.9 Å². The normalized spacial score (nSPS) is 19.2. The number of hydrogen-bond acceptors (Lipinski definition) is 5. The molecular weight excluding hydrogens is 264 g/mol. The number of ether oxygens (including phenoxy) is 1. The highest BCUT2D eigenvalue weighted by molar-refractivity contribution is 7.91. The summed E-state index contributed by atoms with van der Waals surface area (Å²) in [5, 5.41) is 0. The van der Waals surface area contributed by atoms with Gasteiger partial charge in [-0.25, -0.2) is 8.42 Å². The fourth-order valence-electron chi connectivity index (χ4n) is 2.25. The number of nitrogens with zero attached hydrogens (tertiary/aromatic N) is 1. The largest absolute Gasteiger partial charge is 0.399 e. The molecule has 1 aromatic rings. The summed E-state index contributed by atoms with van der Waals surface area (Å²) in [6.45, 7) is 4.85. The molecule has 1 aliphatic rings. The standard InChI is InChI=1S/C13H20N2O3S/c1-11(15-5-7-18-8-6-15)10-19(16,17)13-4-2-3-12(14)9-13/h2-4,9,11H,5-8,10,14H2,1H3. The van der Waals surface area contributed by atoms with E-state index in [0.29, 0.717) is 23.8 Å². The van der Waals surface area contributed by atoms with Crippen LogP contribution in [-0.4, -0.2) is 51.4 Å². The molecule has 0 bridgehead atoms. The van der Waals surface area contributed by atoms with Gasteiger partial charge in [0.25, 0.3) is 0 Å². The van der Waals surface area contributed by atoms with Gasteiger partial charge in [-0.2, -0.15) is 0 Å². The van der Waals surface area contributed by atoms with Crippen LogP contribution in [0.4, 0.5) is 5.69 Å². The molecule has 0 radical (unpaired) electrons. The van der Waals surface area contributed by atoms with Gasteiger partial charge in [0.15, 0.2) is 9.84 Å². The molecule has 2 rings (SSSR count). The molecular formula is C13H20N2O3S. The Bertz CT molecular complexity index is 524. The highest BCUT2D eigenvalue weighted by atomic mass is 32.2. The zero-order chi connectivity index (χ0) is 13.9. The Hall–Kier alpha value is -1.11. The molecule has 1 heterocycles. The van der Waals surface area contributed by atoms with Crippen LogP contribution in [0, 0.1) is 0 Å². The average molecular weight is 284 g/mol. The second kappa shape index (κ2) is 5.90. The van der Waals surface area contributed by atoms with Crippen LogP contribution in [0.15, 0.2) is 29.2 Å². The Morgan fingerprint density at radius 3 is 2.68 bits per heavy atom. The number of hydrogen-bond donors (Lipinski definition) is 1. The molecule has 0 aliphatic carbocycles. The molecule has 1 unspecified atom stereocenters. The van der Waals surface area contributed by atoms with Gasteiger partial charge in [-0.15, -0.1) is 0 Å². The van der Waals surface area contributed by atoms with Crippen LogP contribution in [0.5, 0.6) is 0 Å². The van der Waals surface area contributed by atoms with E-state index in [-0.39, 0.29) is 11.8 Å². The van der Waals surface area contributed by atoms with Gasteiger partial charge in [0, 0.05) is 24.8 Å². The maximum atomic E-state index is 12.3. The van der Waals surface area contributed by atoms with Crippen LogP contribution in [0.3, 0.4) is 0 Å². The van der Waals surface area contributed by atoms with Crippen molar-refractivity contribution in [1.82, 2.24) is 4.90 Å². The smallest absolute Gasteiger partial charge is 0.179 e. The first-order valence-electron chi connectivity index (χ1n) is 6.39. The van der Waals surface area contributed by atoms with Gasteiger partial charge in [-0.1, -0.05) is 6.07 Å². The quantitative estimate of drug-likeness (QED) is 0.827. The van der Waals surface area contributed by atoms with E-state index in [1.165, 1.54) is 6.07 Å². The zero-order valence-electron chi connectivity index (χ0n) is 11.1. The van der Waals surface area contributed by atoms with E-state index in [2.05, 4.69) is 4.90 Å². The molecule has 0 amide bonds. The first-order valence-corrected chi connectivity index (χ1v) is 8.04. The SMILES string of the molecule is CC(CS(=O)(=O)c1cccc(N)c1)N1CCOCC1. The Morgan fingerprint density at radius 1 is 1.37 bits per heavy atom. The lowest BCUT2D eigenvalue weighted by molar-refractivity contribution is 0.0243. The molecule has 19 heavy (non-hydrogen) atoms. The Kier molecular flexibility index (Phi) is 4.44. The summed E-state index contributed by atoms with van der Waals surface area (Å²) in [6.07, 6.45) is 0. The molecule has 0 saturated carbocycles. The molecule has 5 nitrogen and oxygen atoms in total. The molecule has 6 heteroatoms. The van der Waals surface area contributed by atoms with Crippen LogP contribution < -0.4 is 5.73 Å². The Balaban J connectivity index is 2.08. The lowest BCUT2D eigenvalue weighted by Gasteiger charge is -2.32. The number of benzene rings is 1. The minimum absolute atomic E-state index is 0.0182. The third-order valence-corrected chi connectivity index (χ3v) is 5.24. The first kappa shape index (κ1) is 14.3. The van der Waals surface area contributed by atoms with E-state index < -0.39 is 9.84 Å². The summed E-state index contributed by atoms with van der Waals surface area (Å²) in [5.74, 6) is 0.108. The van der Waals surface area contributed by atoms with Crippen molar-refractivity contribution in [2.75, 3.05) is 37.8 Å². The molecule has 0 aromatic heterocycles. The van der Waals surface area contributed by atoms with Gasteiger partial charge in [0.1, 0.15) is 0 Å². The lowest BCUT2D eigenvalue weighted by Crippen LogP contribution is -2.45. The maximum Gasteiger partial charge on any atom is 0.179 e. The van der Waals surface area contributed by atoms with Crippen molar-refractivity contribution in [3.05, 3.63) is 24.3 Å². The monoisotopic (exact) mass is 284 g/mol. The molecule has 0 spiro atoms. The van der Waals surface area contributed by atoms with Crippen molar-refractivity contribution in [1.29, 1.82) is 0 Å². The van der Waals surface area contributed by atoms with Gasteiger partial charge in [0.05, 0.1) is 23.9 Å². The number of anilines is 1. The second-order valence-electron chi connectivity index (χ2n) is 4.85. The fourth-order valence-corrected chi connectivity index (χ4v) is 3.89. The van der Waals surface area contributed by atoms with Gasteiger partial charge >= 0.3 is 0 Å². The summed E-state index contributed by atoms with van der Waals surface area (Å²) >= 11 is 0. The van der Waals surface area contributed by atoms with Crippen LogP contribution in [0.25, 0.3) is 0 Å². The second-order valence-corrected chi connectivity index (χ2v) is 6.89. The zero-order valence-corrected chi connectivity index (χ0v) is 11.9. The maximum absolute atomic E-state index is 12.3. The summed E-state index contributed by atoms with van der Waals surface area (Å²) < 4.78 is 29.9. The number of morpholine rings is 1. The van der Waals surface area contributed by atoms with Crippen LogP contribution in [0.1, 0.15) is 6.92 Å². The van der Waals surface area contributed by atoms with Gasteiger partial charge < -0.3 is 10.5 Å². The number of rotatable bonds is 4.